The number of amides is 1. The molecular formula is C17H14Br2N2O5. The molecule has 7 nitrogen and oxygen atoms in total. The van der Waals surface area contributed by atoms with E-state index in [9.17, 15) is 15.0 Å². The van der Waals surface area contributed by atoms with E-state index in [0.717, 1.165) is 0 Å². The van der Waals surface area contributed by atoms with E-state index in [4.69, 9.17) is 9.47 Å². The van der Waals surface area contributed by atoms with Crippen molar-refractivity contribution in [2.75, 3.05) is 13.2 Å². The number of nitrogens with one attached hydrogen (secondary N) is 1. The van der Waals surface area contributed by atoms with Gasteiger partial charge in [-0.05, 0) is 62.5 Å². The molecule has 1 amide bonds. The Labute approximate surface area is 165 Å². The van der Waals surface area contributed by atoms with E-state index < -0.39 is 5.91 Å². The van der Waals surface area contributed by atoms with Crippen LogP contribution in [0.2, 0.25) is 0 Å². The van der Waals surface area contributed by atoms with Crippen LogP contribution in [0.3, 0.4) is 0 Å². The van der Waals surface area contributed by atoms with Crippen LogP contribution in [-0.4, -0.2) is 35.5 Å². The maximum absolute atomic E-state index is 12.2. The largest absolute Gasteiger partial charge is 0.506 e. The summed E-state index contributed by atoms with van der Waals surface area (Å²) in [6, 6.07) is 4.85. The Morgan fingerprint density at radius 3 is 2.58 bits per heavy atom. The minimum absolute atomic E-state index is 0.113. The zero-order chi connectivity index (χ0) is 18.8. The highest BCUT2D eigenvalue weighted by Gasteiger charge is 2.18. The lowest BCUT2D eigenvalue weighted by Gasteiger charge is -2.18. The summed E-state index contributed by atoms with van der Waals surface area (Å²) in [5, 5.41) is 23.9. The van der Waals surface area contributed by atoms with Crippen LogP contribution in [0.4, 0.5) is 0 Å². The average molecular weight is 486 g/mol. The van der Waals surface area contributed by atoms with E-state index >= 15 is 0 Å². The first kappa shape index (κ1) is 18.5. The van der Waals surface area contributed by atoms with Crippen molar-refractivity contribution in [2.24, 2.45) is 5.10 Å². The topological polar surface area (TPSA) is 100 Å². The van der Waals surface area contributed by atoms with E-state index in [2.05, 4.69) is 42.4 Å². The minimum atomic E-state index is -0.438. The number of hydrogen-bond acceptors (Lipinski definition) is 6. The highest BCUT2D eigenvalue weighted by molar-refractivity contribution is 9.11. The lowest BCUT2D eigenvalue weighted by Crippen LogP contribution is -2.19. The monoisotopic (exact) mass is 484 g/mol. The first-order valence-electron chi connectivity index (χ1n) is 7.52. The van der Waals surface area contributed by atoms with Gasteiger partial charge in [0.15, 0.2) is 11.5 Å². The van der Waals surface area contributed by atoms with Crippen LogP contribution in [0, 0.1) is 6.92 Å². The molecule has 2 aromatic carbocycles. The molecule has 0 unspecified atom stereocenters. The van der Waals surface area contributed by atoms with Crippen molar-refractivity contribution < 1.29 is 24.5 Å². The summed E-state index contributed by atoms with van der Waals surface area (Å²) in [5.74, 6) is 0.369. The number of fused-ring (bicyclic) bond motifs is 1. The smallest absolute Gasteiger partial charge is 0.271 e. The van der Waals surface area contributed by atoms with Crippen molar-refractivity contribution in [1.82, 2.24) is 5.43 Å². The highest BCUT2D eigenvalue weighted by Crippen LogP contribution is 2.43. The maximum atomic E-state index is 12.2. The summed E-state index contributed by atoms with van der Waals surface area (Å²) >= 11 is 6.34. The van der Waals surface area contributed by atoms with Gasteiger partial charge in [0.2, 0.25) is 0 Å². The van der Waals surface area contributed by atoms with Gasteiger partial charge in [-0.1, -0.05) is 0 Å². The number of hydrazone groups is 1. The van der Waals surface area contributed by atoms with Gasteiger partial charge in [0.25, 0.3) is 5.91 Å². The van der Waals surface area contributed by atoms with Gasteiger partial charge in [-0.25, -0.2) is 5.43 Å². The summed E-state index contributed by atoms with van der Waals surface area (Å²) < 4.78 is 11.4. The number of phenols is 2. The second-order valence-corrected chi connectivity index (χ2v) is 7.01. The average Bonchev–Trinajstić information content (AvgIpc) is 2.67. The zero-order valence-electron chi connectivity index (χ0n) is 13.5. The number of ether oxygens (including phenoxy) is 2. The Hall–Kier alpha value is -2.26. The minimum Gasteiger partial charge on any atom is -0.506 e. The third kappa shape index (κ3) is 3.49. The summed E-state index contributed by atoms with van der Waals surface area (Å²) in [6.45, 7) is 2.60. The van der Waals surface area contributed by atoms with Gasteiger partial charge in [-0.2, -0.15) is 5.10 Å². The van der Waals surface area contributed by atoms with Crippen LogP contribution in [0.5, 0.6) is 23.0 Å². The summed E-state index contributed by atoms with van der Waals surface area (Å²) in [7, 11) is 0. The molecule has 0 saturated heterocycles. The number of carbonyl (C=O) groups excluding carboxylic acids is 1. The standard InChI is InChI=1S/C17H14Br2N2O5/c1-8-10(15(22)14(19)16(23)13(8)18)7-20-21-17(24)9-2-3-11-12(6-9)26-5-4-25-11/h2-3,6-7,22-23H,4-5H2,1H3,(H,21,24)/b20-7+. The predicted octanol–water partition coefficient (Wildman–Crippen LogP) is 3.47. The number of nitrogens with zero attached hydrogens (tertiary/aromatic N) is 1. The van der Waals surface area contributed by atoms with E-state index in [-0.39, 0.29) is 16.0 Å². The second kappa shape index (κ2) is 7.55. The van der Waals surface area contributed by atoms with Crippen molar-refractivity contribution in [3.63, 3.8) is 0 Å². The molecule has 136 valence electrons. The number of halogens is 2. The van der Waals surface area contributed by atoms with Crippen LogP contribution in [0.15, 0.2) is 32.2 Å². The Morgan fingerprint density at radius 1 is 1.15 bits per heavy atom. The van der Waals surface area contributed by atoms with Crippen molar-refractivity contribution in [2.45, 2.75) is 6.92 Å². The fourth-order valence-corrected chi connectivity index (χ4v) is 3.45. The van der Waals surface area contributed by atoms with Gasteiger partial charge in [0.05, 0.1) is 10.7 Å². The molecule has 3 rings (SSSR count). The number of phenolic OH excluding ortho intramolecular Hbond substituents is 2. The van der Waals surface area contributed by atoms with Gasteiger partial charge in [0, 0.05) is 11.1 Å². The SMILES string of the molecule is Cc1c(Br)c(O)c(Br)c(O)c1/C=N/NC(=O)c1ccc2c(c1)OCCO2. The molecular weight excluding hydrogens is 472 g/mol. The van der Waals surface area contributed by atoms with Gasteiger partial charge in [0.1, 0.15) is 29.2 Å². The molecule has 0 aliphatic carbocycles. The van der Waals surface area contributed by atoms with E-state index in [0.29, 0.717) is 45.9 Å². The van der Waals surface area contributed by atoms with Gasteiger partial charge >= 0.3 is 0 Å². The van der Waals surface area contributed by atoms with Crippen molar-refractivity contribution in [1.29, 1.82) is 0 Å². The maximum Gasteiger partial charge on any atom is 0.271 e. The summed E-state index contributed by atoms with van der Waals surface area (Å²) in [6.07, 6.45) is 1.30. The number of aromatic hydroxyl groups is 2. The number of hydrogen-bond donors (Lipinski definition) is 3. The summed E-state index contributed by atoms with van der Waals surface area (Å²) in [4.78, 5) is 12.2. The predicted molar refractivity (Wildman–Crippen MR) is 102 cm³/mol. The van der Waals surface area contributed by atoms with Crippen molar-refractivity contribution >= 4 is 44.0 Å². The quantitative estimate of drug-likeness (QED) is 0.456. The molecule has 3 N–H and O–H groups in total. The number of carbonyl (C=O) groups is 1. The second-order valence-electron chi connectivity index (χ2n) is 5.42. The first-order chi connectivity index (χ1) is 12.4. The van der Waals surface area contributed by atoms with Crippen LogP contribution in [0.1, 0.15) is 21.5 Å². The van der Waals surface area contributed by atoms with Gasteiger partial charge < -0.3 is 19.7 Å². The molecule has 0 spiro atoms. The molecule has 0 bridgehead atoms. The summed E-state index contributed by atoms with van der Waals surface area (Å²) in [5.41, 5.74) is 3.67. The van der Waals surface area contributed by atoms with E-state index in [1.54, 1.807) is 25.1 Å². The fraction of sp³-hybridized carbons (Fsp3) is 0.176. The molecule has 2 aromatic rings. The van der Waals surface area contributed by atoms with Crippen LogP contribution < -0.4 is 14.9 Å². The van der Waals surface area contributed by atoms with Crippen LogP contribution in [0.25, 0.3) is 0 Å². The van der Waals surface area contributed by atoms with Crippen molar-refractivity contribution in [3.05, 3.63) is 43.8 Å². The van der Waals surface area contributed by atoms with Gasteiger partial charge in [-0.15, -0.1) is 0 Å². The molecule has 0 radical (unpaired) electrons. The van der Waals surface area contributed by atoms with Crippen LogP contribution >= 0.6 is 31.9 Å². The Balaban J connectivity index is 1.78. The van der Waals surface area contributed by atoms with E-state index in [1.165, 1.54) is 6.21 Å². The Kier molecular flexibility index (Phi) is 5.38. The lowest BCUT2D eigenvalue weighted by molar-refractivity contribution is 0.0954. The molecule has 0 fully saturated rings. The van der Waals surface area contributed by atoms with Crippen LogP contribution in [-0.2, 0) is 0 Å². The molecule has 0 atom stereocenters. The molecule has 1 aliphatic heterocycles. The lowest BCUT2D eigenvalue weighted by atomic mass is 10.1. The highest BCUT2D eigenvalue weighted by atomic mass is 79.9. The van der Waals surface area contributed by atoms with Gasteiger partial charge in [-0.3, -0.25) is 4.79 Å². The Morgan fingerprint density at radius 2 is 1.85 bits per heavy atom. The first-order valence-corrected chi connectivity index (χ1v) is 9.11. The molecule has 1 heterocycles. The van der Waals surface area contributed by atoms with Crippen molar-refractivity contribution in [3.8, 4) is 23.0 Å². The Bertz CT molecular complexity index is 886. The third-order valence-electron chi connectivity index (χ3n) is 3.78. The molecule has 0 aromatic heterocycles. The molecule has 9 heteroatoms. The number of rotatable bonds is 3. The number of benzene rings is 2. The molecule has 0 saturated carbocycles. The normalized spacial score (nSPS) is 13.0. The molecule has 1 aliphatic rings. The zero-order valence-corrected chi connectivity index (χ0v) is 16.7. The third-order valence-corrected chi connectivity index (χ3v) is 5.50. The molecule has 26 heavy (non-hydrogen) atoms. The van der Waals surface area contributed by atoms with E-state index in [1.807, 2.05) is 0 Å². The fourth-order valence-electron chi connectivity index (χ4n) is 2.36.